The van der Waals surface area contributed by atoms with E-state index in [0.717, 1.165) is 85.2 Å². The lowest BCUT2D eigenvalue weighted by molar-refractivity contribution is 0.0395. The van der Waals surface area contributed by atoms with Gasteiger partial charge in [-0.2, -0.15) is 9.97 Å². The molecule has 3 aliphatic heterocycles. The first-order valence-corrected chi connectivity index (χ1v) is 16.4. The van der Waals surface area contributed by atoms with Crippen LogP contribution in [0.1, 0.15) is 18.6 Å². The number of fused-ring (bicyclic) bond motifs is 2. The van der Waals surface area contributed by atoms with Gasteiger partial charge in [-0.3, -0.25) is 14.4 Å². The molecule has 0 amide bonds. The molecular weight excluding hydrogens is 542 g/mol. The van der Waals surface area contributed by atoms with E-state index in [0.29, 0.717) is 38.3 Å². The Morgan fingerprint density at radius 1 is 0.951 bits per heavy atom. The number of aromatic nitrogens is 6. The summed E-state index contributed by atoms with van der Waals surface area (Å²) in [6, 6.07) is 8.58. The fourth-order valence-corrected chi connectivity index (χ4v) is 7.47. The topological polar surface area (TPSA) is 115 Å². The van der Waals surface area contributed by atoms with Gasteiger partial charge in [0.2, 0.25) is 5.95 Å². The van der Waals surface area contributed by atoms with Gasteiger partial charge in [-0.1, -0.05) is 19.1 Å². The normalized spacial score (nSPS) is 20.7. The zero-order chi connectivity index (χ0) is 28.1. The largest absolute Gasteiger partial charge is 0.378 e. The van der Waals surface area contributed by atoms with Crippen molar-refractivity contribution >= 4 is 37.9 Å². The molecule has 0 N–H and O–H groups in total. The maximum Gasteiger partial charge on any atom is 0.239 e. The third-order valence-corrected chi connectivity index (χ3v) is 10.3. The maximum absolute atomic E-state index is 11.8. The van der Waals surface area contributed by atoms with Crippen molar-refractivity contribution in [3.63, 3.8) is 0 Å². The van der Waals surface area contributed by atoms with Crippen LogP contribution in [0.25, 0.3) is 28.1 Å². The zero-order valence-electron chi connectivity index (χ0n) is 23.7. The van der Waals surface area contributed by atoms with Crippen molar-refractivity contribution in [1.29, 1.82) is 0 Å². The summed E-state index contributed by atoms with van der Waals surface area (Å²) in [5.41, 5.74) is 3.58. The van der Waals surface area contributed by atoms with Crippen LogP contribution >= 0.6 is 0 Å². The molecule has 0 radical (unpaired) electrons. The van der Waals surface area contributed by atoms with Crippen molar-refractivity contribution in [1.82, 2.24) is 38.9 Å². The van der Waals surface area contributed by atoms with Gasteiger partial charge in [-0.15, -0.1) is 0 Å². The second-order valence-electron chi connectivity index (χ2n) is 11.3. The number of para-hydroxylation sites is 2. The summed E-state index contributed by atoms with van der Waals surface area (Å²) in [5.74, 6) is 3.95. The van der Waals surface area contributed by atoms with Gasteiger partial charge in [-0.05, 0) is 12.1 Å². The van der Waals surface area contributed by atoms with Crippen LogP contribution in [0.3, 0.4) is 0 Å². The Balaban J connectivity index is 1.17. The Morgan fingerprint density at radius 3 is 2.46 bits per heavy atom. The second-order valence-corrected chi connectivity index (χ2v) is 13.6. The third-order valence-electron chi connectivity index (χ3n) is 8.72. The number of imidazole rings is 2. The van der Waals surface area contributed by atoms with E-state index < -0.39 is 9.84 Å². The van der Waals surface area contributed by atoms with E-state index >= 15 is 0 Å². The fraction of sp³-hybridized carbons (Fsp3) is 0.571. The summed E-state index contributed by atoms with van der Waals surface area (Å²) in [4.78, 5) is 27.2. The summed E-state index contributed by atoms with van der Waals surface area (Å²) in [7, 11) is -0.802. The van der Waals surface area contributed by atoms with E-state index in [1.54, 1.807) is 0 Å². The van der Waals surface area contributed by atoms with Gasteiger partial charge in [-0.25, -0.2) is 18.4 Å². The van der Waals surface area contributed by atoms with E-state index in [9.17, 15) is 8.42 Å². The molecular formula is C28H37N9O3S. The molecule has 0 aliphatic carbocycles. The van der Waals surface area contributed by atoms with E-state index in [-0.39, 0.29) is 11.5 Å². The molecule has 6 heterocycles. The molecule has 0 bridgehead atoms. The Labute approximate surface area is 239 Å². The van der Waals surface area contributed by atoms with Gasteiger partial charge >= 0.3 is 0 Å². The second kappa shape index (κ2) is 10.6. The molecule has 0 unspecified atom stereocenters. The number of anilines is 1. The van der Waals surface area contributed by atoms with Gasteiger partial charge in [0.15, 0.2) is 26.8 Å². The van der Waals surface area contributed by atoms with Gasteiger partial charge in [0.1, 0.15) is 11.6 Å². The van der Waals surface area contributed by atoms with E-state index in [1.807, 2.05) is 25.2 Å². The summed E-state index contributed by atoms with van der Waals surface area (Å²) in [5, 5.41) is 0. The van der Waals surface area contributed by atoms with Crippen LogP contribution in [-0.2, 0) is 34.5 Å². The van der Waals surface area contributed by atoms with Crippen LogP contribution in [0.4, 0.5) is 5.82 Å². The first-order valence-electron chi connectivity index (χ1n) is 14.6. The highest BCUT2D eigenvalue weighted by Gasteiger charge is 2.35. The Morgan fingerprint density at radius 2 is 1.71 bits per heavy atom. The Kier molecular flexibility index (Phi) is 6.92. The molecule has 0 saturated carbocycles. The molecule has 3 aliphatic rings. The highest BCUT2D eigenvalue weighted by Crippen LogP contribution is 2.29. The average molecular weight is 580 g/mol. The molecule has 12 nitrogen and oxygen atoms in total. The fourth-order valence-electron chi connectivity index (χ4n) is 6.24. The van der Waals surface area contributed by atoms with Crippen molar-refractivity contribution in [2.24, 2.45) is 7.05 Å². The molecule has 13 heteroatoms. The first kappa shape index (κ1) is 26.7. The predicted molar refractivity (Wildman–Crippen MR) is 158 cm³/mol. The molecule has 41 heavy (non-hydrogen) atoms. The smallest absolute Gasteiger partial charge is 0.239 e. The lowest BCUT2D eigenvalue weighted by Gasteiger charge is -2.46. The number of morpholine rings is 1. The van der Waals surface area contributed by atoms with E-state index in [2.05, 4.69) is 36.8 Å². The highest BCUT2D eigenvalue weighted by atomic mass is 32.2. The van der Waals surface area contributed by atoms with Gasteiger partial charge in [0, 0.05) is 71.7 Å². The lowest BCUT2D eigenvalue weighted by Crippen LogP contribution is -2.62. The summed E-state index contributed by atoms with van der Waals surface area (Å²) >= 11 is 0. The molecule has 0 spiro atoms. The van der Waals surface area contributed by atoms with Crippen LogP contribution in [0, 0.1) is 0 Å². The number of nitrogens with zero attached hydrogens (tertiary/aromatic N) is 9. The summed E-state index contributed by atoms with van der Waals surface area (Å²) in [6.45, 7) is 9.10. The van der Waals surface area contributed by atoms with Crippen LogP contribution in [0.5, 0.6) is 0 Å². The molecule has 3 aromatic heterocycles. The van der Waals surface area contributed by atoms with Crippen molar-refractivity contribution in [3.05, 3.63) is 35.9 Å². The minimum absolute atomic E-state index is 0.284. The standard InChI is InChI=1S/C28H37N9O3S/c1-3-23-29-21-6-4-5-7-22(21)37(23)28-31-26-25(27(32-28)36-10-14-40-15-11-36)30-24(33(26)2)8-9-34-18-20(19-34)35-12-16-41(38,39)17-13-35/h4-7,20H,3,8-19H2,1-2H3. The van der Waals surface area contributed by atoms with Crippen LogP contribution < -0.4 is 4.90 Å². The Hall–Kier alpha value is -3.13. The molecule has 3 saturated heterocycles. The van der Waals surface area contributed by atoms with Crippen LogP contribution in [0.2, 0.25) is 0 Å². The first-order chi connectivity index (χ1) is 19.9. The number of hydrogen-bond acceptors (Lipinski definition) is 10. The number of sulfone groups is 1. The number of aryl methyl sites for hydroxylation is 2. The Bertz CT molecular complexity index is 1670. The molecule has 4 aromatic rings. The zero-order valence-corrected chi connectivity index (χ0v) is 24.6. The van der Waals surface area contributed by atoms with E-state index in [4.69, 9.17) is 24.7 Å². The van der Waals surface area contributed by atoms with Crippen molar-refractivity contribution < 1.29 is 13.2 Å². The van der Waals surface area contributed by atoms with Crippen molar-refractivity contribution in [2.75, 3.05) is 75.4 Å². The third kappa shape index (κ3) is 4.98. The molecule has 3 fully saturated rings. The molecule has 0 atom stereocenters. The number of rotatable bonds is 7. The highest BCUT2D eigenvalue weighted by molar-refractivity contribution is 7.91. The predicted octanol–water partition coefficient (Wildman–Crippen LogP) is 1.06. The monoisotopic (exact) mass is 579 g/mol. The van der Waals surface area contributed by atoms with Gasteiger partial charge in [0.25, 0.3) is 0 Å². The molecule has 218 valence electrons. The number of hydrogen-bond donors (Lipinski definition) is 0. The van der Waals surface area contributed by atoms with Gasteiger partial charge < -0.3 is 14.2 Å². The van der Waals surface area contributed by atoms with Crippen molar-refractivity contribution in [3.8, 4) is 5.95 Å². The maximum atomic E-state index is 11.8. The number of benzene rings is 1. The van der Waals surface area contributed by atoms with E-state index in [1.165, 1.54) is 0 Å². The molecule has 1 aromatic carbocycles. The van der Waals surface area contributed by atoms with Gasteiger partial charge in [0.05, 0.1) is 35.8 Å². The summed E-state index contributed by atoms with van der Waals surface area (Å²) < 4.78 is 33.4. The van der Waals surface area contributed by atoms with Crippen LogP contribution in [-0.4, -0.2) is 124 Å². The number of ether oxygens (including phenoxy) is 1. The minimum atomic E-state index is -2.85. The summed E-state index contributed by atoms with van der Waals surface area (Å²) in [6.07, 6.45) is 1.57. The quantitative estimate of drug-likeness (QED) is 0.315. The van der Waals surface area contributed by atoms with Crippen LogP contribution in [0.15, 0.2) is 24.3 Å². The lowest BCUT2D eigenvalue weighted by atomic mass is 10.1. The average Bonchev–Trinajstić information content (AvgIpc) is 3.50. The minimum Gasteiger partial charge on any atom is -0.378 e. The number of likely N-dealkylation sites (tertiary alicyclic amines) is 1. The molecule has 7 rings (SSSR count). The van der Waals surface area contributed by atoms with Crippen molar-refractivity contribution in [2.45, 2.75) is 25.8 Å². The SMILES string of the molecule is CCc1nc2ccccc2n1-c1nc(N2CCOCC2)c2nc(CCN3CC(N4CCS(=O)(=O)CC4)C3)n(C)c2n1.